The lowest BCUT2D eigenvalue weighted by Crippen LogP contribution is -2.33. The maximum absolute atomic E-state index is 11.6. The van der Waals surface area contributed by atoms with E-state index < -0.39 is 0 Å². The van der Waals surface area contributed by atoms with Gasteiger partial charge in [-0.1, -0.05) is 6.92 Å². The van der Waals surface area contributed by atoms with Crippen LogP contribution in [0.4, 0.5) is 5.82 Å². The van der Waals surface area contributed by atoms with E-state index in [-0.39, 0.29) is 12.5 Å². The van der Waals surface area contributed by atoms with Gasteiger partial charge in [-0.2, -0.15) is 5.26 Å². The van der Waals surface area contributed by atoms with E-state index in [0.717, 1.165) is 6.42 Å². The number of hydrogen-bond donors (Lipinski definition) is 0. The van der Waals surface area contributed by atoms with Crippen LogP contribution in [0.25, 0.3) is 0 Å². The predicted molar refractivity (Wildman–Crippen MR) is 70.6 cm³/mol. The summed E-state index contributed by atoms with van der Waals surface area (Å²) in [6.45, 7) is 6.57. The number of aromatic nitrogens is 2. The van der Waals surface area contributed by atoms with Crippen molar-refractivity contribution in [2.75, 3.05) is 24.6 Å². The quantitative estimate of drug-likeness (QED) is 0.722. The molecule has 19 heavy (non-hydrogen) atoms. The van der Waals surface area contributed by atoms with Crippen molar-refractivity contribution in [1.29, 1.82) is 5.26 Å². The van der Waals surface area contributed by atoms with Crippen LogP contribution in [-0.2, 0) is 9.53 Å². The predicted octanol–water partition coefficient (Wildman–Crippen LogP) is 1.44. The van der Waals surface area contributed by atoms with E-state index in [1.807, 2.05) is 13.0 Å². The zero-order valence-electron chi connectivity index (χ0n) is 11.5. The number of nitriles is 1. The number of esters is 1. The van der Waals surface area contributed by atoms with Crippen molar-refractivity contribution in [3.63, 3.8) is 0 Å². The molecule has 102 valence electrons. The summed E-state index contributed by atoms with van der Waals surface area (Å²) in [5, 5.41) is 9.09. The van der Waals surface area contributed by atoms with Crippen molar-refractivity contribution in [2.24, 2.45) is 0 Å². The highest BCUT2D eigenvalue weighted by molar-refractivity contribution is 5.76. The first-order valence-corrected chi connectivity index (χ1v) is 6.26. The molecule has 0 aliphatic carbocycles. The van der Waals surface area contributed by atoms with Crippen molar-refractivity contribution in [1.82, 2.24) is 9.97 Å². The summed E-state index contributed by atoms with van der Waals surface area (Å²) < 4.78 is 4.94. The SMILES string of the molecule is CCCN(CC(=O)OCC)c1nc(C)ncc1C#N. The van der Waals surface area contributed by atoms with Gasteiger partial charge in [-0.05, 0) is 20.3 Å². The minimum Gasteiger partial charge on any atom is -0.465 e. The van der Waals surface area contributed by atoms with Crippen molar-refractivity contribution < 1.29 is 9.53 Å². The third kappa shape index (κ3) is 4.21. The van der Waals surface area contributed by atoms with Gasteiger partial charge in [0, 0.05) is 6.54 Å². The van der Waals surface area contributed by atoms with E-state index in [9.17, 15) is 4.79 Å². The molecule has 6 heteroatoms. The molecule has 0 aromatic carbocycles. The van der Waals surface area contributed by atoms with Crippen LogP contribution in [0.2, 0.25) is 0 Å². The molecule has 1 heterocycles. The molecule has 0 saturated carbocycles. The topological polar surface area (TPSA) is 79.1 Å². The average molecular weight is 262 g/mol. The summed E-state index contributed by atoms with van der Waals surface area (Å²) in [6.07, 6.45) is 2.32. The summed E-state index contributed by atoms with van der Waals surface area (Å²) in [4.78, 5) is 21.6. The van der Waals surface area contributed by atoms with Gasteiger partial charge in [0.25, 0.3) is 0 Å². The van der Waals surface area contributed by atoms with Crippen LogP contribution < -0.4 is 4.90 Å². The lowest BCUT2D eigenvalue weighted by atomic mass is 10.3. The van der Waals surface area contributed by atoms with Gasteiger partial charge in [0.2, 0.25) is 0 Å². The first kappa shape index (κ1) is 14.9. The normalized spacial score (nSPS) is 9.79. The number of rotatable bonds is 6. The number of nitrogens with zero attached hydrogens (tertiary/aromatic N) is 4. The van der Waals surface area contributed by atoms with Crippen LogP contribution in [0.5, 0.6) is 0 Å². The second-order valence-electron chi connectivity index (χ2n) is 3.99. The van der Waals surface area contributed by atoms with Crippen molar-refractivity contribution in [3.8, 4) is 6.07 Å². The smallest absolute Gasteiger partial charge is 0.325 e. The molecule has 0 atom stereocenters. The summed E-state index contributed by atoms with van der Waals surface area (Å²) >= 11 is 0. The van der Waals surface area contributed by atoms with Gasteiger partial charge in [-0.15, -0.1) is 0 Å². The number of hydrogen-bond acceptors (Lipinski definition) is 6. The minimum atomic E-state index is -0.323. The Bertz CT molecular complexity index is 482. The fraction of sp³-hybridized carbons (Fsp3) is 0.538. The lowest BCUT2D eigenvalue weighted by Gasteiger charge is -2.22. The standard InChI is InChI=1S/C13H18N4O2/c1-4-6-17(9-12(18)19-5-2)13-11(7-14)8-15-10(3)16-13/h8H,4-6,9H2,1-3H3. The van der Waals surface area contributed by atoms with E-state index in [1.165, 1.54) is 6.20 Å². The Hall–Kier alpha value is -2.16. The number of carbonyl (C=O) groups excluding carboxylic acids is 1. The van der Waals surface area contributed by atoms with E-state index in [4.69, 9.17) is 10.00 Å². The Kier molecular flexibility index (Phi) is 5.73. The van der Waals surface area contributed by atoms with Gasteiger partial charge in [-0.25, -0.2) is 9.97 Å². The number of ether oxygens (including phenoxy) is 1. The van der Waals surface area contributed by atoms with Gasteiger partial charge >= 0.3 is 5.97 Å². The second-order valence-corrected chi connectivity index (χ2v) is 3.99. The average Bonchev–Trinajstić information content (AvgIpc) is 2.38. The first-order chi connectivity index (χ1) is 9.12. The largest absolute Gasteiger partial charge is 0.465 e. The summed E-state index contributed by atoms with van der Waals surface area (Å²) in [5.74, 6) is 0.736. The van der Waals surface area contributed by atoms with E-state index in [0.29, 0.717) is 30.4 Å². The van der Waals surface area contributed by atoms with Crippen LogP contribution in [-0.4, -0.2) is 35.6 Å². The van der Waals surface area contributed by atoms with Crippen molar-refractivity contribution in [3.05, 3.63) is 17.6 Å². The third-order valence-electron chi connectivity index (χ3n) is 2.43. The maximum atomic E-state index is 11.6. The highest BCUT2D eigenvalue weighted by atomic mass is 16.5. The molecular weight excluding hydrogens is 244 g/mol. The molecule has 0 unspecified atom stereocenters. The Labute approximate surface area is 113 Å². The van der Waals surface area contributed by atoms with E-state index >= 15 is 0 Å². The minimum absolute atomic E-state index is 0.0901. The second kappa shape index (κ2) is 7.31. The molecule has 1 aromatic rings. The van der Waals surface area contributed by atoms with Gasteiger partial charge < -0.3 is 9.64 Å². The zero-order valence-corrected chi connectivity index (χ0v) is 11.5. The van der Waals surface area contributed by atoms with E-state index in [2.05, 4.69) is 9.97 Å². The Morgan fingerprint density at radius 2 is 2.26 bits per heavy atom. The van der Waals surface area contributed by atoms with Crippen LogP contribution in [0.1, 0.15) is 31.7 Å². The van der Waals surface area contributed by atoms with Gasteiger partial charge in [0.15, 0.2) is 5.82 Å². The monoisotopic (exact) mass is 262 g/mol. The fourth-order valence-electron chi connectivity index (χ4n) is 1.67. The molecule has 0 fully saturated rings. The van der Waals surface area contributed by atoms with Crippen molar-refractivity contribution in [2.45, 2.75) is 27.2 Å². The lowest BCUT2D eigenvalue weighted by molar-refractivity contribution is -0.141. The number of carbonyl (C=O) groups is 1. The molecule has 1 aromatic heterocycles. The fourth-order valence-corrected chi connectivity index (χ4v) is 1.67. The molecule has 1 rings (SSSR count). The van der Waals surface area contributed by atoms with Crippen LogP contribution >= 0.6 is 0 Å². The highest BCUT2D eigenvalue weighted by Crippen LogP contribution is 2.16. The molecule has 0 spiro atoms. The third-order valence-corrected chi connectivity index (χ3v) is 2.43. The molecule has 0 bridgehead atoms. The molecule has 0 radical (unpaired) electrons. The number of anilines is 1. The first-order valence-electron chi connectivity index (χ1n) is 6.26. The maximum Gasteiger partial charge on any atom is 0.325 e. The van der Waals surface area contributed by atoms with Crippen LogP contribution in [0, 0.1) is 18.3 Å². The molecule has 0 N–H and O–H groups in total. The Morgan fingerprint density at radius 1 is 1.53 bits per heavy atom. The molecule has 0 aliphatic heterocycles. The summed E-state index contributed by atoms with van der Waals surface area (Å²) in [5.41, 5.74) is 0.364. The van der Waals surface area contributed by atoms with E-state index in [1.54, 1.807) is 18.7 Å². The Morgan fingerprint density at radius 3 is 2.84 bits per heavy atom. The van der Waals surface area contributed by atoms with Gasteiger partial charge in [0.1, 0.15) is 24.0 Å². The number of aryl methyl sites for hydroxylation is 1. The molecular formula is C13H18N4O2. The summed E-state index contributed by atoms with van der Waals surface area (Å²) in [6, 6.07) is 2.05. The summed E-state index contributed by atoms with van der Waals surface area (Å²) in [7, 11) is 0. The van der Waals surface area contributed by atoms with Gasteiger partial charge in [0.05, 0.1) is 12.8 Å². The van der Waals surface area contributed by atoms with Crippen LogP contribution in [0.3, 0.4) is 0 Å². The molecule has 0 amide bonds. The van der Waals surface area contributed by atoms with Gasteiger partial charge in [-0.3, -0.25) is 4.79 Å². The molecule has 0 saturated heterocycles. The molecule has 6 nitrogen and oxygen atoms in total. The molecule has 0 aliphatic rings. The Balaban J connectivity index is 3.01. The highest BCUT2D eigenvalue weighted by Gasteiger charge is 2.17. The van der Waals surface area contributed by atoms with Crippen LogP contribution in [0.15, 0.2) is 6.20 Å². The zero-order chi connectivity index (χ0) is 14.3. The van der Waals surface area contributed by atoms with Crippen molar-refractivity contribution >= 4 is 11.8 Å².